The number of H-pyrrole nitrogens is 1. The number of nitrogens with two attached hydrogens (primary N) is 1. The lowest BCUT2D eigenvalue weighted by Gasteiger charge is -2.22. The first-order valence-electron chi connectivity index (χ1n) is 12.8. The number of amidine groups is 1. The number of aromatic carboxylic acids is 1. The van der Waals surface area contributed by atoms with Crippen molar-refractivity contribution in [3.63, 3.8) is 0 Å². The van der Waals surface area contributed by atoms with Crippen molar-refractivity contribution in [2.45, 2.75) is 19.1 Å². The molecule has 0 aliphatic carbocycles. The summed E-state index contributed by atoms with van der Waals surface area (Å²) in [5.41, 5.74) is 6.72. The van der Waals surface area contributed by atoms with Gasteiger partial charge in [-0.3, -0.25) is 15.2 Å². The van der Waals surface area contributed by atoms with Gasteiger partial charge in [0.2, 0.25) is 0 Å². The van der Waals surface area contributed by atoms with Gasteiger partial charge in [-0.15, -0.1) is 5.10 Å². The molecule has 6 N–H and O–H groups in total. The number of nitrogens with one attached hydrogen (secondary N) is 3. The third-order valence-corrected chi connectivity index (χ3v) is 6.39. The van der Waals surface area contributed by atoms with Crippen LogP contribution < -0.4 is 26.2 Å². The van der Waals surface area contributed by atoms with Gasteiger partial charge in [0.25, 0.3) is 5.91 Å². The number of carbonyl (C=O) groups excluding carboxylic acids is 1. The van der Waals surface area contributed by atoms with Crippen molar-refractivity contribution in [3.05, 3.63) is 99.7 Å². The summed E-state index contributed by atoms with van der Waals surface area (Å²) in [5, 5.41) is 25.1. The number of likely N-dealkylation sites (N-methyl/N-ethyl adjacent to an activating group) is 1. The van der Waals surface area contributed by atoms with E-state index in [0.717, 1.165) is 4.68 Å². The molecule has 2 atom stereocenters. The van der Waals surface area contributed by atoms with E-state index in [9.17, 15) is 19.5 Å². The fourth-order valence-electron chi connectivity index (χ4n) is 4.26. The Hall–Kier alpha value is -5.59. The summed E-state index contributed by atoms with van der Waals surface area (Å²) in [6.45, 7) is 1.64. The molecule has 2 unspecified atom stereocenters. The molecule has 13 nitrogen and oxygen atoms in total. The summed E-state index contributed by atoms with van der Waals surface area (Å²) >= 11 is 0. The molecular weight excluding hydrogens is 542 g/mol. The van der Waals surface area contributed by atoms with E-state index in [1.807, 2.05) is 0 Å². The van der Waals surface area contributed by atoms with Crippen LogP contribution in [0.4, 0.5) is 5.69 Å². The molecular formula is C29H31N7O6. The summed E-state index contributed by atoms with van der Waals surface area (Å²) in [5.74, 6) is -0.655. The highest BCUT2D eigenvalue weighted by Gasteiger charge is 2.25. The molecule has 1 aromatic heterocycles. The van der Waals surface area contributed by atoms with Gasteiger partial charge in [-0.1, -0.05) is 18.2 Å². The third kappa shape index (κ3) is 6.25. The van der Waals surface area contributed by atoms with E-state index in [-0.39, 0.29) is 28.8 Å². The number of hydrogen-bond acceptors (Lipinski definition) is 8. The van der Waals surface area contributed by atoms with Crippen LogP contribution in [0.25, 0.3) is 5.69 Å². The quantitative estimate of drug-likeness (QED) is 0.133. The lowest BCUT2D eigenvalue weighted by atomic mass is 10.0. The Balaban J connectivity index is 1.79. The van der Waals surface area contributed by atoms with Gasteiger partial charge in [0.1, 0.15) is 11.9 Å². The first-order valence-corrected chi connectivity index (χ1v) is 12.8. The Bertz CT molecular complexity index is 1680. The number of nitrogen functional groups attached to an aromatic ring is 1. The highest BCUT2D eigenvalue weighted by atomic mass is 16.5. The van der Waals surface area contributed by atoms with Gasteiger partial charge >= 0.3 is 11.7 Å². The second-order valence-corrected chi connectivity index (χ2v) is 9.52. The van der Waals surface area contributed by atoms with Crippen LogP contribution in [0, 0.1) is 5.41 Å². The number of anilines is 1. The molecule has 0 aliphatic heterocycles. The molecule has 0 spiro atoms. The normalized spacial score (nSPS) is 12.2. The zero-order chi connectivity index (χ0) is 30.6. The number of carbonyl (C=O) groups is 2. The maximum absolute atomic E-state index is 13.0. The standard InChI is InChI=1S/C29H31N7O6/c1-16(27(37)35(2)3)42-22-14-11-18(15-23(22)41-4)24(32-19-12-9-17(10-13-19)25(30)31)26-33-29(40)36(34-26)21-8-6-5-7-20(21)28(38)39/h5-16,24,32H,1-4H3,(H3,30,31)(H,38,39)(H,33,34,40). The minimum absolute atomic E-state index is 0.0828. The van der Waals surface area contributed by atoms with Crippen LogP contribution in [-0.2, 0) is 4.79 Å². The van der Waals surface area contributed by atoms with Gasteiger partial charge in [-0.2, -0.15) is 4.68 Å². The summed E-state index contributed by atoms with van der Waals surface area (Å²) < 4.78 is 12.4. The van der Waals surface area contributed by atoms with Crippen LogP contribution in [0.2, 0.25) is 0 Å². The topological polar surface area (TPSA) is 189 Å². The van der Waals surface area contributed by atoms with Crippen LogP contribution in [0.15, 0.2) is 71.5 Å². The van der Waals surface area contributed by atoms with E-state index in [1.165, 1.54) is 24.1 Å². The number of carboxylic acids is 1. The molecule has 4 aromatic rings. The number of aromatic nitrogens is 3. The fraction of sp³-hybridized carbons (Fsp3) is 0.207. The summed E-state index contributed by atoms with van der Waals surface area (Å²) in [6.07, 6.45) is -0.769. The molecule has 0 aliphatic rings. The maximum atomic E-state index is 13.0. The number of hydrogen-bond donors (Lipinski definition) is 5. The Labute approximate surface area is 241 Å². The SMILES string of the molecule is COc1cc(C(Nc2ccc(C(=N)N)cc2)c2nn(-c3ccccc3C(=O)O)c(=O)[nH]2)ccc1OC(C)C(=O)N(C)C. The van der Waals surface area contributed by atoms with Crippen LogP contribution >= 0.6 is 0 Å². The number of rotatable bonds is 11. The van der Waals surface area contributed by atoms with Crippen molar-refractivity contribution < 1.29 is 24.2 Å². The number of benzene rings is 3. The second kappa shape index (κ2) is 12.3. The van der Waals surface area contributed by atoms with Crippen LogP contribution in [0.3, 0.4) is 0 Å². The first-order chi connectivity index (χ1) is 20.0. The smallest absolute Gasteiger partial charge is 0.348 e. The highest BCUT2D eigenvalue weighted by Crippen LogP contribution is 2.34. The molecule has 42 heavy (non-hydrogen) atoms. The number of amides is 1. The van der Waals surface area contributed by atoms with Gasteiger partial charge < -0.3 is 30.5 Å². The molecule has 3 aromatic carbocycles. The first kappa shape index (κ1) is 29.4. The van der Waals surface area contributed by atoms with Crippen molar-refractivity contribution in [1.82, 2.24) is 19.7 Å². The predicted octanol–water partition coefficient (Wildman–Crippen LogP) is 2.61. The molecule has 0 saturated heterocycles. The Morgan fingerprint density at radius 2 is 1.79 bits per heavy atom. The molecule has 1 heterocycles. The molecule has 1 amide bonds. The Morgan fingerprint density at radius 1 is 1.10 bits per heavy atom. The predicted molar refractivity (Wildman–Crippen MR) is 156 cm³/mol. The zero-order valence-corrected chi connectivity index (χ0v) is 23.4. The van der Waals surface area contributed by atoms with Gasteiger partial charge in [0.05, 0.1) is 18.4 Å². The van der Waals surface area contributed by atoms with Crippen molar-refractivity contribution >= 4 is 23.4 Å². The van der Waals surface area contributed by atoms with E-state index in [4.69, 9.17) is 20.6 Å². The summed E-state index contributed by atoms with van der Waals surface area (Å²) in [7, 11) is 4.74. The fourth-order valence-corrected chi connectivity index (χ4v) is 4.26. The minimum atomic E-state index is -1.20. The molecule has 0 radical (unpaired) electrons. The number of aromatic amines is 1. The van der Waals surface area contributed by atoms with Gasteiger partial charge in [0.15, 0.2) is 23.4 Å². The van der Waals surface area contributed by atoms with Crippen molar-refractivity contribution in [1.29, 1.82) is 5.41 Å². The number of para-hydroxylation sites is 1. The second-order valence-electron chi connectivity index (χ2n) is 9.52. The van der Waals surface area contributed by atoms with Gasteiger partial charge in [0, 0.05) is 25.3 Å². The highest BCUT2D eigenvalue weighted by molar-refractivity contribution is 5.95. The largest absolute Gasteiger partial charge is 0.493 e. The third-order valence-electron chi connectivity index (χ3n) is 6.39. The van der Waals surface area contributed by atoms with Crippen molar-refractivity contribution in [2.75, 3.05) is 26.5 Å². The molecule has 218 valence electrons. The molecule has 13 heteroatoms. The van der Waals surface area contributed by atoms with Crippen molar-refractivity contribution in [2.24, 2.45) is 5.73 Å². The van der Waals surface area contributed by atoms with E-state index >= 15 is 0 Å². The summed E-state index contributed by atoms with van der Waals surface area (Å²) in [6, 6.07) is 17.1. The average Bonchev–Trinajstić information content (AvgIpc) is 3.36. The molecule has 0 saturated carbocycles. The number of ether oxygens (including phenoxy) is 2. The molecule has 0 fully saturated rings. The van der Waals surface area contributed by atoms with Gasteiger partial charge in [-0.05, 0) is 61.0 Å². The molecule has 4 rings (SSSR count). The number of methoxy groups -OCH3 is 1. The average molecular weight is 574 g/mol. The van der Waals surface area contributed by atoms with Crippen LogP contribution in [-0.4, -0.2) is 69.8 Å². The van der Waals surface area contributed by atoms with Crippen molar-refractivity contribution in [3.8, 4) is 17.2 Å². The molecule has 0 bridgehead atoms. The lowest BCUT2D eigenvalue weighted by molar-refractivity contribution is -0.135. The number of nitrogens with zero attached hydrogens (tertiary/aromatic N) is 3. The van der Waals surface area contributed by atoms with E-state index < -0.39 is 23.8 Å². The lowest BCUT2D eigenvalue weighted by Crippen LogP contribution is -2.35. The summed E-state index contributed by atoms with van der Waals surface area (Å²) in [4.78, 5) is 41.4. The number of carboxylic acid groups (broad SMARTS) is 1. The zero-order valence-electron chi connectivity index (χ0n) is 23.4. The van der Waals surface area contributed by atoms with Crippen LogP contribution in [0.5, 0.6) is 11.5 Å². The Kier molecular flexibility index (Phi) is 8.60. The maximum Gasteiger partial charge on any atom is 0.348 e. The van der Waals surface area contributed by atoms with E-state index in [0.29, 0.717) is 28.3 Å². The monoisotopic (exact) mass is 573 g/mol. The van der Waals surface area contributed by atoms with E-state index in [1.54, 1.807) is 75.6 Å². The Morgan fingerprint density at radius 3 is 2.40 bits per heavy atom. The van der Waals surface area contributed by atoms with E-state index in [2.05, 4.69) is 15.4 Å². The van der Waals surface area contributed by atoms with Gasteiger partial charge in [-0.25, -0.2) is 9.59 Å². The minimum Gasteiger partial charge on any atom is -0.493 e. The van der Waals surface area contributed by atoms with Crippen LogP contribution in [0.1, 0.15) is 40.3 Å².